The molecule has 8 atom stereocenters. The fraction of sp³-hybridized carbons (Fsp3) is 0.423. The van der Waals surface area contributed by atoms with Gasteiger partial charge >= 0.3 is 0 Å². The summed E-state index contributed by atoms with van der Waals surface area (Å²) in [5.74, 6) is -1.67. The van der Waals surface area contributed by atoms with Crippen molar-refractivity contribution in [1.29, 1.82) is 0 Å². The van der Waals surface area contributed by atoms with E-state index >= 15 is 0 Å². The SMILES string of the molecule is O=C(/C=C\c1ccc(O)cc1O[C@H]1O[C@@H](CO)[C@H](O)[C@@H](O)[C@@H]1O[C@H]1OC[C@@](O)(CO)[C@@H]1O)c1ccc(O)cc1O. The van der Waals surface area contributed by atoms with Crippen molar-refractivity contribution in [1.82, 2.24) is 0 Å². The summed E-state index contributed by atoms with van der Waals surface area (Å²) in [6.07, 6.45) is -8.89. The molecule has 0 unspecified atom stereocenters. The zero-order valence-corrected chi connectivity index (χ0v) is 20.8. The second kappa shape index (κ2) is 12.1. The number of ketones is 1. The molecule has 2 aliphatic rings. The van der Waals surface area contributed by atoms with Gasteiger partial charge in [0.25, 0.3) is 0 Å². The van der Waals surface area contributed by atoms with Gasteiger partial charge in [0.15, 0.2) is 18.2 Å². The smallest absolute Gasteiger partial charge is 0.229 e. The molecule has 2 aromatic carbocycles. The Kier molecular flexibility index (Phi) is 8.94. The van der Waals surface area contributed by atoms with Crippen molar-refractivity contribution in [3.05, 3.63) is 53.6 Å². The van der Waals surface area contributed by atoms with Crippen molar-refractivity contribution in [2.75, 3.05) is 19.8 Å². The molecule has 14 heteroatoms. The molecule has 0 aromatic heterocycles. The number of aliphatic hydroxyl groups excluding tert-OH is 5. The Hall–Kier alpha value is -3.31. The van der Waals surface area contributed by atoms with Crippen molar-refractivity contribution in [2.45, 2.75) is 48.7 Å². The minimum atomic E-state index is -2.05. The highest BCUT2D eigenvalue weighted by Gasteiger charge is 2.53. The van der Waals surface area contributed by atoms with Gasteiger partial charge in [0, 0.05) is 17.7 Å². The largest absolute Gasteiger partial charge is 0.508 e. The van der Waals surface area contributed by atoms with E-state index in [4.69, 9.17) is 18.9 Å². The second-order valence-electron chi connectivity index (χ2n) is 9.43. The predicted molar refractivity (Wildman–Crippen MR) is 132 cm³/mol. The number of hydrogen-bond donors (Lipinski definition) is 9. The van der Waals surface area contributed by atoms with E-state index in [2.05, 4.69) is 0 Å². The van der Waals surface area contributed by atoms with E-state index in [0.29, 0.717) is 0 Å². The van der Waals surface area contributed by atoms with Gasteiger partial charge in [-0.15, -0.1) is 0 Å². The molecule has 0 saturated carbocycles. The zero-order valence-electron chi connectivity index (χ0n) is 20.8. The molecule has 40 heavy (non-hydrogen) atoms. The summed E-state index contributed by atoms with van der Waals surface area (Å²) in [5, 5.41) is 90.2. The highest BCUT2D eigenvalue weighted by molar-refractivity contribution is 6.08. The lowest BCUT2D eigenvalue weighted by Crippen LogP contribution is -2.62. The van der Waals surface area contributed by atoms with E-state index in [1.807, 2.05) is 0 Å². The highest BCUT2D eigenvalue weighted by Crippen LogP contribution is 2.34. The predicted octanol–water partition coefficient (Wildman–Crippen LogP) is -1.66. The number of carbonyl (C=O) groups is 1. The van der Waals surface area contributed by atoms with Crippen LogP contribution in [-0.4, -0.2) is 120 Å². The van der Waals surface area contributed by atoms with Crippen molar-refractivity contribution in [2.24, 2.45) is 0 Å². The minimum absolute atomic E-state index is 0.0970. The van der Waals surface area contributed by atoms with E-state index in [-0.39, 0.29) is 28.4 Å². The van der Waals surface area contributed by atoms with Gasteiger partial charge in [-0.05, 0) is 36.4 Å². The van der Waals surface area contributed by atoms with Crippen LogP contribution in [0.25, 0.3) is 6.08 Å². The summed E-state index contributed by atoms with van der Waals surface area (Å²) in [6.45, 7) is -2.08. The topological polar surface area (TPSA) is 236 Å². The maximum Gasteiger partial charge on any atom is 0.229 e. The maximum absolute atomic E-state index is 12.6. The van der Waals surface area contributed by atoms with Crippen molar-refractivity contribution < 1.29 is 69.7 Å². The van der Waals surface area contributed by atoms with Crippen LogP contribution in [0.4, 0.5) is 0 Å². The number of aromatic hydroxyl groups is 3. The fourth-order valence-electron chi connectivity index (χ4n) is 4.23. The first-order valence-corrected chi connectivity index (χ1v) is 12.1. The quantitative estimate of drug-likeness (QED) is 0.122. The average molecular weight is 567 g/mol. The molecule has 0 bridgehead atoms. The van der Waals surface area contributed by atoms with Crippen LogP contribution in [-0.2, 0) is 14.2 Å². The van der Waals surface area contributed by atoms with Crippen LogP contribution < -0.4 is 4.74 Å². The van der Waals surface area contributed by atoms with E-state index < -0.39 is 80.1 Å². The van der Waals surface area contributed by atoms with Crippen LogP contribution in [0.5, 0.6) is 23.0 Å². The monoisotopic (exact) mass is 566 g/mol. The molecule has 0 radical (unpaired) electrons. The molecule has 2 saturated heterocycles. The Bertz CT molecular complexity index is 1230. The summed E-state index contributed by atoms with van der Waals surface area (Å²) in [5.41, 5.74) is -1.94. The zero-order chi connectivity index (χ0) is 29.2. The first kappa shape index (κ1) is 29.7. The summed E-state index contributed by atoms with van der Waals surface area (Å²) < 4.78 is 22.3. The number of carbonyl (C=O) groups excluding carboxylic acids is 1. The third-order valence-electron chi connectivity index (χ3n) is 6.60. The van der Waals surface area contributed by atoms with Crippen molar-refractivity contribution >= 4 is 11.9 Å². The van der Waals surface area contributed by atoms with Crippen molar-refractivity contribution in [3.63, 3.8) is 0 Å². The highest BCUT2D eigenvalue weighted by atomic mass is 16.8. The Morgan fingerprint density at radius 1 is 1.00 bits per heavy atom. The van der Waals surface area contributed by atoms with E-state index in [1.165, 1.54) is 30.3 Å². The lowest BCUT2D eigenvalue weighted by atomic mass is 9.98. The maximum atomic E-state index is 12.6. The van der Waals surface area contributed by atoms with Gasteiger partial charge in [0.1, 0.15) is 53.0 Å². The molecule has 0 aliphatic carbocycles. The third-order valence-corrected chi connectivity index (χ3v) is 6.60. The average Bonchev–Trinajstić information content (AvgIpc) is 3.21. The molecule has 2 fully saturated rings. The number of ether oxygens (including phenoxy) is 4. The Morgan fingerprint density at radius 3 is 2.35 bits per heavy atom. The Labute approximate surface area is 227 Å². The number of benzene rings is 2. The first-order valence-electron chi connectivity index (χ1n) is 12.1. The summed E-state index contributed by atoms with van der Waals surface area (Å²) in [4.78, 5) is 12.6. The third kappa shape index (κ3) is 6.05. The first-order chi connectivity index (χ1) is 19.0. The van der Waals surface area contributed by atoms with Crippen LogP contribution >= 0.6 is 0 Å². The summed E-state index contributed by atoms with van der Waals surface area (Å²) in [7, 11) is 0. The second-order valence-corrected chi connectivity index (χ2v) is 9.43. The Morgan fingerprint density at radius 2 is 1.70 bits per heavy atom. The number of aliphatic hydroxyl groups is 6. The number of phenols is 3. The fourth-order valence-corrected chi connectivity index (χ4v) is 4.23. The number of phenolic OH excluding ortho intramolecular Hbond substituents is 3. The molecular weight excluding hydrogens is 536 g/mol. The molecule has 9 N–H and O–H groups in total. The van der Waals surface area contributed by atoms with Gasteiger partial charge in [0.2, 0.25) is 6.29 Å². The minimum Gasteiger partial charge on any atom is -0.508 e. The lowest BCUT2D eigenvalue weighted by Gasteiger charge is -2.42. The normalized spacial score (nSPS) is 32.4. The Balaban J connectivity index is 1.60. The molecule has 218 valence electrons. The van der Waals surface area contributed by atoms with Gasteiger partial charge in [-0.3, -0.25) is 4.79 Å². The van der Waals surface area contributed by atoms with Crippen LogP contribution in [0.15, 0.2) is 42.5 Å². The molecule has 2 heterocycles. The summed E-state index contributed by atoms with van der Waals surface area (Å²) in [6, 6.07) is 7.27. The molecule has 0 amide bonds. The standard InChI is InChI=1S/C26H30O14/c27-9-19-20(33)21(34)22(40-25-23(35)26(36,10-28)11-37-25)24(39-19)38-18-8-14(30)3-1-12(18)2-6-16(31)15-5-4-13(29)7-17(15)32/h1-8,19-25,27-30,32-36H,9-11H2/b6-2-/t19-,20-,21+,22-,23+,24-,25+,26-/m0/s1. The molecule has 0 spiro atoms. The van der Waals surface area contributed by atoms with Gasteiger partial charge < -0.3 is 64.9 Å². The molecule has 14 nitrogen and oxygen atoms in total. The summed E-state index contributed by atoms with van der Waals surface area (Å²) >= 11 is 0. The van der Waals surface area contributed by atoms with Gasteiger partial charge in [-0.2, -0.15) is 0 Å². The van der Waals surface area contributed by atoms with Gasteiger partial charge in [-0.25, -0.2) is 0 Å². The molecule has 2 aliphatic heterocycles. The number of allylic oxidation sites excluding steroid dienone is 1. The molecule has 4 rings (SSSR count). The van der Waals surface area contributed by atoms with Crippen LogP contribution in [0, 0.1) is 0 Å². The molecule has 2 aromatic rings. The van der Waals surface area contributed by atoms with Crippen LogP contribution in [0.1, 0.15) is 15.9 Å². The van der Waals surface area contributed by atoms with Crippen LogP contribution in [0.3, 0.4) is 0 Å². The lowest BCUT2D eigenvalue weighted by molar-refractivity contribution is -0.318. The van der Waals surface area contributed by atoms with E-state index in [0.717, 1.165) is 18.2 Å². The van der Waals surface area contributed by atoms with Crippen molar-refractivity contribution in [3.8, 4) is 23.0 Å². The van der Waals surface area contributed by atoms with Gasteiger partial charge in [0.05, 0.1) is 25.4 Å². The van der Waals surface area contributed by atoms with Crippen LogP contribution in [0.2, 0.25) is 0 Å². The van der Waals surface area contributed by atoms with Gasteiger partial charge in [-0.1, -0.05) is 0 Å². The van der Waals surface area contributed by atoms with E-state index in [9.17, 15) is 50.8 Å². The molecular formula is C26H30O14. The number of hydrogen-bond acceptors (Lipinski definition) is 14. The number of rotatable bonds is 9. The van der Waals surface area contributed by atoms with E-state index in [1.54, 1.807) is 0 Å².